The summed E-state index contributed by atoms with van der Waals surface area (Å²) in [5, 5.41) is 39.2. The summed E-state index contributed by atoms with van der Waals surface area (Å²) >= 11 is 0. The number of nitrogens with zero attached hydrogens (tertiary/aromatic N) is 8. The predicted octanol–water partition coefficient (Wildman–Crippen LogP) is 9.92. The van der Waals surface area contributed by atoms with Crippen molar-refractivity contribution in [2.75, 3.05) is 98.3 Å². The normalized spacial score (nSPS) is 18.2. The van der Waals surface area contributed by atoms with E-state index in [1.165, 1.54) is 22.3 Å². The smallest absolute Gasteiger partial charge is 0.254 e. The molecule has 0 unspecified atom stereocenters. The molecule has 2 N–H and O–H groups in total. The topological polar surface area (TPSA) is 142 Å². The molecule has 0 spiro atoms. The lowest BCUT2D eigenvalue weighted by molar-refractivity contribution is 0.0690. The number of nitriles is 2. The van der Waals surface area contributed by atoms with E-state index in [9.17, 15) is 30.3 Å². The zero-order chi connectivity index (χ0) is 54.7. The summed E-state index contributed by atoms with van der Waals surface area (Å²) in [6.45, 7) is 15.8. The van der Waals surface area contributed by atoms with Gasteiger partial charge in [-0.05, 0) is 172 Å². The molecule has 0 saturated carbocycles. The van der Waals surface area contributed by atoms with Gasteiger partial charge in [0.05, 0.1) is 47.8 Å². The third kappa shape index (κ3) is 12.7. The Kier molecular flexibility index (Phi) is 18.1. The molecule has 2 atom stereocenters. The SMILES string of the molecule is Cc1cc(C)c(C(=O)N2CCN(c3ccccc3)[C@@H](CO)C2)cc1CC1CCN(c2ccccc2C#N)CC1.Cc1cc(C)c(C(=O)N2CCN(c3ccccc3)[C@H](CO)C2)cc1CC1CCN(c2ccccc2C#N)CC1. The molecule has 4 heterocycles. The minimum absolute atomic E-state index is 0.00828. The van der Waals surface area contributed by atoms with Crippen LogP contribution in [-0.4, -0.2) is 123 Å². The van der Waals surface area contributed by atoms with Crippen molar-refractivity contribution in [3.63, 3.8) is 0 Å². The number of para-hydroxylation sites is 4. The molecule has 0 radical (unpaired) electrons. The average Bonchev–Trinajstić information content (AvgIpc) is 3.49. The van der Waals surface area contributed by atoms with Crippen molar-refractivity contribution < 1.29 is 19.8 Å². The highest BCUT2D eigenvalue weighted by atomic mass is 16.3. The Bertz CT molecular complexity index is 2890. The van der Waals surface area contributed by atoms with Crippen molar-refractivity contribution in [1.82, 2.24) is 9.80 Å². The van der Waals surface area contributed by atoms with Crippen molar-refractivity contribution in [2.24, 2.45) is 11.8 Å². The number of aliphatic hydroxyl groups excluding tert-OH is 2. The van der Waals surface area contributed by atoms with Gasteiger partial charge in [-0.15, -0.1) is 0 Å². The van der Waals surface area contributed by atoms with E-state index in [1.807, 2.05) is 109 Å². The van der Waals surface area contributed by atoms with E-state index in [4.69, 9.17) is 0 Å². The lowest BCUT2D eigenvalue weighted by Crippen LogP contribution is -2.56. The van der Waals surface area contributed by atoms with Gasteiger partial charge in [-0.2, -0.15) is 10.5 Å². The van der Waals surface area contributed by atoms with Gasteiger partial charge < -0.3 is 39.6 Å². The molecule has 4 saturated heterocycles. The van der Waals surface area contributed by atoms with Gasteiger partial charge in [-0.25, -0.2) is 0 Å². The van der Waals surface area contributed by atoms with Crippen LogP contribution >= 0.6 is 0 Å². The summed E-state index contributed by atoms with van der Waals surface area (Å²) in [7, 11) is 0. The summed E-state index contributed by atoms with van der Waals surface area (Å²) in [6.07, 6.45) is 6.18. The van der Waals surface area contributed by atoms with Gasteiger partial charge in [-0.3, -0.25) is 9.59 Å². The molecule has 12 heteroatoms. The lowest BCUT2D eigenvalue weighted by atomic mass is 9.86. The van der Waals surface area contributed by atoms with E-state index in [-0.39, 0.29) is 37.1 Å². The Hall–Kier alpha value is -7.64. The van der Waals surface area contributed by atoms with E-state index >= 15 is 0 Å². The first-order valence-electron chi connectivity index (χ1n) is 28.1. The minimum Gasteiger partial charge on any atom is -0.394 e. The van der Waals surface area contributed by atoms with Crippen LogP contribution in [0.2, 0.25) is 0 Å². The molecule has 78 heavy (non-hydrogen) atoms. The maximum Gasteiger partial charge on any atom is 0.254 e. The molecule has 4 fully saturated rings. The highest BCUT2D eigenvalue weighted by Gasteiger charge is 2.33. The van der Waals surface area contributed by atoms with Gasteiger partial charge in [0.1, 0.15) is 12.1 Å². The van der Waals surface area contributed by atoms with E-state index < -0.39 is 0 Å². The van der Waals surface area contributed by atoms with Crippen LogP contribution in [0.3, 0.4) is 0 Å². The number of piperidine rings is 2. The van der Waals surface area contributed by atoms with Crippen molar-refractivity contribution in [2.45, 2.75) is 78.3 Å². The van der Waals surface area contributed by atoms with Crippen LogP contribution in [0.25, 0.3) is 0 Å². The van der Waals surface area contributed by atoms with E-state index in [2.05, 4.69) is 94.1 Å². The first-order chi connectivity index (χ1) is 38.0. The van der Waals surface area contributed by atoms with E-state index in [0.717, 1.165) is 121 Å². The van der Waals surface area contributed by atoms with Gasteiger partial charge in [-0.1, -0.05) is 72.8 Å². The molecular weight excluding hydrogens is 969 g/mol. The van der Waals surface area contributed by atoms with Crippen LogP contribution < -0.4 is 19.6 Å². The molecule has 0 aromatic heterocycles. The molecule has 6 aromatic carbocycles. The fourth-order valence-corrected chi connectivity index (χ4v) is 12.4. The number of hydrogen-bond acceptors (Lipinski definition) is 10. The van der Waals surface area contributed by atoms with Gasteiger partial charge in [0.2, 0.25) is 0 Å². The zero-order valence-electron chi connectivity index (χ0n) is 46.0. The quantitative estimate of drug-likeness (QED) is 0.122. The Morgan fingerprint density at radius 1 is 0.474 bits per heavy atom. The van der Waals surface area contributed by atoms with Crippen LogP contribution in [0.4, 0.5) is 22.7 Å². The standard InChI is InChI=1S/2C33H38N4O2/c2*1-24-18-25(2)31(33(39)36-16-17-37(30(22-36)23-38)29-9-4-3-5-10-29)20-28(24)19-26-12-14-35(15-13-26)32-11-7-6-8-27(32)21-34/h2*3-11,18,20,26,30,38H,12-17,19,22-23H2,1-2H3/t2*30-/m10/s1. The second kappa shape index (κ2) is 25.7. The first-order valence-corrected chi connectivity index (χ1v) is 28.1. The minimum atomic E-state index is -0.119. The fourth-order valence-electron chi connectivity index (χ4n) is 12.4. The lowest BCUT2D eigenvalue weighted by Gasteiger charge is -2.42. The van der Waals surface area contributed by atoms with Crippen LogP contribution in [0, 0.1) is 62.2 Å². The van der Waals surface area contributed by atoms with Crippen molar-refractivity contribution in [3.05, 3.63) is 189 Å². The van der Waals surface area contributed by atoms with E-state index in [1.54, 1.807) is 0 Å². The van der Waals surface area contributed by atoms with Gasteiger partial charge in [0.15, 0.2) is 0 Å². The second-order valence-corrected chi connectivity index (χ2v) is 21.9. The highest BCUT2D eigenvalue weighted by Crippen LogP contribution is 2.33. The molecule has 4 aliphatic heterocycles. The molecule has 10 rings (SSSR count). The Balaban J connectivity index is 0.000000190. The maximum atomic E-state index is 13.7. The molecule has 0 bridgehead atoms. The van der Waals surface area contributed by atoms with Gasteiger partial charge >= 0.3 is 0 Å². The number of carbonyl (C=O) groups excluding carboxylic acids is 2. The molecule has 6 aromatic rings. The Labute approximate surface area is 462 Å². The monoisotopic (exact) mass is 1040 g/mol. The van der Waals surface area contributed by atoms with Crippen LogP contribution in [0.5, 0.6) is 0 Å². The molecule has 12 nitrogen and oxygen atoms in total. The molecule has 4 aliphatic rings. The number of aryl methyl sites for hydroxylation is 4. The third-order valence-electron chi connectivity index (χ3n) is 16.9. The maximum absolute atomic E-state index is 13.7. The van der Waals surface area contributed by atoms with Gasteiger partial charge in [0, 0.05) is 87.9 Å². The van der Waals surface area contributed by atoms with E-state index in [0.29, 0.717) is 51.1 Å². The number of anilines is 4. The number of amides is 2. The summed E-state index contributed by atoms with van der Waals surface area (Å²) < 4.78 is 0. The largest absolute Gasteiger partial charge is 0.394 e. The number of aliphatic hydroxyl groups is 2. The number of carbonyl (C=O) groups is 2. The van der Waals surface area contributed by atoms with Crippen molar-refractivity contribution in [1.29, 1.82) is 10.5 Å². The third-order valence-corrected chi connectivity index (χ3v) is 16.9. The van der Waals surface area contributed by atoms with Crippen LogP contribution in [-0.2, 0) is 12.8 Å². The van der Waals surface area contributed by atoms with Crippen LogP contribution in [0.1, 0.15) is 90.9 Å². The molecular formula is C66H76N8O4. The number of rotatable bonds is 12. The molecule has 2 amide bonds. The highest BCUT2D eigenvalue weighted by molar-refractivity contribution is 5.97. The molecule has 404 valence electrons. The Morgan fingerprint density at radius 2 is 0.833 bits per heavy atom. The fraction of sp³-hybridized carbons (Fsp3) is 0.394. The zero-order valence-corrected chi connectivity index (χ0v) is 46.0. The summed E-state index contributed by atoms with van der Waals surface area (Å²) in [4.78, 5) is 40.4. The van der Waals surface area contributed by atoms with Crippen molar-refractivity contribution >= 4 is 34.6 Å². The summed E-state index contributed by atoms with van der Waals surface area (Å²) in [5.41, 5.74) is 14.3. The van der Waals surface area contributed by atoms with Gasteiger partial charge in [0.25, 0.3) is 11.8 Å². The number of benzene rings is 6. The second-order valence-electron chi connectivity index (χ2n) is 21.9. The summed E-state index contributed by atoms with van der Waals surface area (Å²) in [6, 6.07) is 48.9. The number of piperazine rings is 2. The average molecular weight is 1050 g/mol. The predicted molar refractivity (Wildman–Crippen MR) is 313 cm³/mol. The molecule has 0 aliphatic carbocycles. The Morgan fingerprint density at radius 3 is 1.19 bits per heavy atom. The number of hydrogen-bond donors (Lipinski definition) is 2. The summed E-state index contributed by atoms with van der Waals surface area (Å²) in [5.74, 6) is 1.21. The van der Waals surface area contributed by atoms with Crippen molar-refractivity contribution in [3.8, 4) is 12.1 Å². The first kappa shape index (κ1) is 55.1. The van der Waals surface area contributed by atoms with Crippen LogP contribution in [0.15, 0.2) is 133 Å².